The third-order valence-electron chi connectivity index (χ3n) is 3.84. The second-order valence-corrected chi connectivity index (χ2v) is 5.72. The zero-order chi connectivity index (χ0) is 19.2. The number of ketones is 1. The number of anilines is 4. The maximum absolute atomic E-state index is 11.5. The summed E-state index contributed by atoms with van der Waals surface area (Å²) >= 11 is 0. The topological polar surface area (TPSA) is 85.4 Å². The van der Waals surface area contributed by atoms with Gasteiger partial charge in [0.1, 0.15) is 5.82 Å². The van der Waals surface area contributed by atoms with Crippen LogP contribution in [0.4, 0.5) is 23.1 Å². The standard InChI is InChI=1S/C20H20N4O3/c1-13(25)14-5-4-6-15(11-14)23-20-21-10-9-19(24-20)22-16-7-8-17(26-2)18(12-16)27-3/h4-12H,1-3H3,(H2,21,22,23,24). The number of ether oxygens (including phenoxy) is 2. The number of rotatable bonds is 7. The maximum Gasteiger partial charge on any atom is 0.229 e. The minimum absolute atomic E-state index is 0.00318. The summed E-state index contributed by atoms with van der Waals surface area (Å²) in [5, 5.41) is 6.31. The predicted octanol–water partition coefficient (Wildman–Crippen LogP) is 4.18. The van der Waals surface area contributed by atoms with E-state index in [1.54, 1.807) is 38.6 Å². The number of methoxy groups -OCH3 is 2. The third-order valence-corrected chi connectivity index (χ3v) is 3.84. The van der Waals surface area contributed by atoms with Crippen molar-refractivity contribution >= 4 is 28.9 Å². The van der Waals surface area contributed by atoms with E-state index in [9.17, 15) is 4.79 Å². The number of aromatic nitrogens is 2. The lowest BCUT2D eigenvalue weighted by atomic mass is 10.1. The number of benzene rings is 2. The molecule has 27 heavy (non-hydrogen) atoms. The Hall–Kier alpha value is -3.61. The van der Waals surface area contributed by atoms with Gasteiger partial charge in [-0.2, -0.15) is 4.98 Å². The van der Waals surface area contributed by atoms with Gasteiger partial charge in [0.2, 0.25) is 5.95 Å². The van der Waals surface area contributed by atoms with Crippen LogP contribution >= 0.6 is 0 Å². The summed E-state index contributed by atoms with van der Waals surface area (Å²) in [5.74, 6) is 2.31. The summed E-state index contributed by atoms with van der Waals surface area (Å²) in [6.45, 7) is 1.53. The van der Waals surface area contributed by atoms with Gasteiger partial charge in [0.15, 0.2) is 17.3 Å². The molecule has 0 saturated heterocycles. The summed E-state index contributed by atoms with van der Waals surface area (Å²) in [5.41, 5.74) is 2.17. The van der Waals surface area contributed by atoms with E-state index in [0.29, 0.717) is 28.8 Å². The highest BCUT2D eigenvalue weighted by atomic mass is 16.5. The Bertz CT molecular complexity index is 959. The lowest BCUT2D eigenvalue weighted by Crippen LogP contribution is -2.01. The molecule has 0 aliphatic carbocycles. The van der Waals surface area contributed by atoms with Crippen LogP contribution in [0.1, 0.15) is 17.3 Å². The number of carbonyl (C=O) groups is 1. The highest BCUT2D eigenvalue weighted by molar-refractivity contribution is 5.95. The van der Waals surface area contributed by atoms with Crippen molar-refractivity contribution < 1.29 is 14.3 Å². The molecule has 1 aromatic heterocycles. The molecule has 0 atom stereocenters. The first kappa shape index (κ1) is 18.2. The monoisotopic (exact) mass is 364 g/mol. The summed E-state index contributed by atoms with van der Waals surface area (Å²) in [6, 6.07) is 14.5. The molecule has 138 valence electrons. The van der Waals surface area contributed by atoms with Crippen LogP contribution in [0.5, 0.6) is 11.5 Å². The Kier molecular flexibility index (Phi) is 5.51. The van der Waals surface area contributed by atoms with Crippen molar-refractivity contribution in [3.05, 3.63) is 60.3 Å². The van der Waals surface area contributed by atoms with Crippen molar-refractivity contribution in [3.8, 4) is 11.5 Å². The molecular formula is C20H20N4O3. The third kappa shape index (κ3) is 4.52. The zero-order valence-corrected chi connectivity index (χ0v) is 15.3. The van der Waals surface area contributed by atoms with E-state index in [0.717, 1.165) is 11.4 Å². The predicted molar refractivity (Wildman–Crippen MR) is 105 cm³/mol. The Balaban J connectivity index is 1.78. The fourth-order valence-corrected chi connectivity index (χ4v) is 2.50. The van der Waals surface area contributed by atoms with E-state index in [1.165, 1.54) is 6.92 Å². The largest absolute Gasteiger partial charge is 0.493 e. The van der Waals surface area contributed by atoms with Crippen LogP contribution in [0.2, 0.25) is 0 Å². The van der Waals surface area contributed by atoms with Crippen LogP contribution in [-0.4, -0.2) is 30.0 Å². The Morgan fingerprint density at radius 1 is 0.926 bits per heavy atom. The number of nitrogens with one attached hydrogen (secondary N) is 2. The van der Waals surface area contributed by atoms with Crippen molar-refractivity contribution in [1.82, 2.24) is 9.97 Å². The molecule has 0 aliphatic rings. The molecule has 3 rings (SSSR count). The van der Waals surface area contributed by atoms with Gasteiger partial charge >= 0.3 is 0 Å². The molecule has 0 unspecified atom stereocenters. The van der Waals surface area contributed by atoms with Gasteiger partial charge in [-0.05, 0) is 37.3 Å². The average molecular weight is 364 g/mol. The van der Waals surface area contributed by atoms with Crippen LogP contribution in [0, 0.1) is 0 Å². The molecule has 3 aromatic rings. The summed E-state index contributed by atoms with van der Waals surface area (Å²) in [4.78, 5) is 20.2. The summed E-state index contributed by atoms with van der Waals surface area (Å²) < 4.78 is 10.6. The Labute approximate surface area is 157 Å². The number of hydrogen-bond acceptors (Lipinski definition) is 7. The molecule has 2 N–H and O–H groups in total. The molecule has 0 aliphatic heterocycles. The lowest BCUT2D eigenvalue weighted by molar-refractivity contribution is 0.101. The van der Waals surface area contributed by atoms with E-state index >= 15 is 0 Å². The van der Waals surface area contributed by atoms with Gasteiger partial charge in [-0.3, -0.25) is 4.79 Å². The van der Waals surface area contributed by atoms with E-state index in [4.69, 9.17) is 9.47 Å². The zero-order valence-electron chi connectivity index (χ0n) is 15.3. The number of Topliss-reactive ketones (excluding diaryl/α,β-unsaturated/α-hetero) is 1. The van der Waals surface area contributed by atoms with Gasteiger partial charge in [0.25, 0.3) is 0 Å². The van der Waals surface area contributed by atoms with Crippen molar-refractivity contribution in [2.24, 2.45) is 0 Å². The Morgan fingerprint density at radius 2 is 1.70 bits per heavy atom. The normalized spacial score (nSPS) is 10.2. The fourth-order valence-electron chi connectivity index (χ4n) is 2.50. The fraction of sp³-hybridized carbons (Fsp3) is 0.150. The smallest absolute Gasteiger partial charge is 0.229 e. The summed E-state index contributed by atoms with van der Waals surface area (Å²) in [7, 11) is 3.18. The minimum Gasteiger partial charge on any atom is -0.493 e. The number of nitrogens with zero attached hydrogens (tertiary/aromatic N) is 2. The molecule has 0 fully saturated rings. The second kappa shape index (κ2) is 8.18. The quantitative estimate of drug-likeness (QED) is 0.608. The molecule has 7 heteroatoms. The highest BCUT2D eigenvalue weighted by Gasteiger charge is 2.07. The molecule has 0 spiro atoms. The molecular weight excluding hydrogens is 344 g/mol. The van der Waals surface area contributed by atoms with Crippen LogP contribution in [0.3, 0.4) is 0 Å². The van der Waals surface area contributed by atoms with Gasteiger partial charge in [-0.15, -0.1) is 0 Å². The highest BCUT2D eigenvalue weighted by Crippen LogP contribution is 2.31. The average Bonchev–Trinajstić information content (AvgIpc) is 2.68. The number of carbonyl (C=O) groups excluding carboxylic acids is 1. The van der Waals surface area contributed by atoms with Crippen LogP contribution < -0.4 is 20.1 Å². The van der Waals surface area contributed by atoms with Crippen molar-refractivity contribution in [2.75, 3.05) is 24.9 Å². The van der Waals surface area contributed by atoms with Gasteiger partial charge in [0.05, 0.1) is 14.2 Å². The van der Waals surface area contributed by atoms with Gasteiger partial charge in [-0.1, -0.05) is 12.1 Å². The maximum atomic E-state index is 11.5. The van der Waals surface area contributed by atoms with E-state index in [-0.39, 0.29) is 5.78 Å². The van der Waals surface area contributed by atoms with Gasteiger partial charge in [0, 0.05) is 29.2 Å². The van der Waals surface area contributed by atoms with Crippen molar-refractivity contribution in [3.63, 3.8) is 0 Å². The molecule has 7 nitrogen and oxygen atoms in total. The SMILES string of the molecule is COc1ccc(Nc2ccnc(Nc3cccc(C(C)=O)c3)n2)cc1OC. The van der Waals surface area contributed by atoms with Gasteiger partial charge < -0.3 is 20.1 Å². The minimum atomic E-state index is 0.00318. The van der Waals surface area contributed by atoms with Crippen LogP contribution in [0.15, 0.2) is 54.7 Å². The van der Waals surface area contributed by atoms with Crippen molar-refractivity contribution in [2.45, 2.75) is 6.92 Å². The van der Waals surface area contributed by atoms with E-state index < -0.39 is 0 Å². The van der Waals surface area contributed by atoms with Gasteiger partial charge in [-0.25, -0.2) is 4.98 Å². The molecule has 0 bridgehead atoms. The van der Waals surface area contributed by atoms with Crippen LogP contribution in [0.25, 0.3) is 0 Å². The first-order chi connectivity index (χ1) is 13.1. The molecule has 0 saturated carbocycles. The lowest BCUT2D eigenvalue weighted by Gasteiger charge is -2.12. The van der Waals surface area contributed by atoms with Crippen molar-refractivity contribution in [1.29, 1.82) is 0 Å². The molecule has 1 heterocycles. The second-order valence-electron chi connectivity index (χ2n) is 5.72. The molecule has 2 aromatic carbocycles. The first-order valence-corrected chi connectivity index (χ1v) is 8.29. The van der Waals surface area contributed by atoms with Crippen LogP contribution in [-0.2, 0) is 0 Å². The number of hydrogen-bond donors (Lipinski definition) is 2. The summed E-state index contributed by atoms with van der Waals surface area (Å²) in [6.07, 6.45) is 1.65. The van der Waals surface area contributed by atoms with E-state index in [1.807, 2.05) is 30.3 Å². The molecule has 0 radical (unpaired) electrons. The first-order valence-electron chi connectivity index (χ1n) is 8.29. The molecule has 0 amide bonds. The van der Waals surface area contributed by atoms with E-state index in [2.05, 4.69) is 20.6 Å². The Morgan fingerprint density at radius 3 is 2.44 bits per heavy atom.